The van der Waals surface area contributed by atoms with Crippen molar-refractivity contribution in [2.24, 2.45) is 0 Å². The molecule has 2 nitrogen and oxygen atoms in total. The van der Waals surface area contributed by atoms with Gasteiger partial charge in [0.15, 0.2) is 0 Å². The van der Waals surface area contributed by atoms with E-state index in [4.69, 9.17) is 0 Å². The van der Waals surface area contributed by atoms with Crippen LogP contribution in [-0.4, -0.2) is 6.04 Å². The summed E-state index contributed by atoms with van der Waals surface area (Å²) in [5, 5.41) is 3.51. The van der Waals surface area contributed by atoms with Crippen molar-refractivity contribution < 1.29 is 4.98 Å². The molecule has 0 radical (unpaired) electrons. The first-order valence-corrected chi connectivity index (χ1v) is 5.72. The lowest BCUT2D eigenvalue weighted by molar-refractivity contribution is -0.361. The van der Waals surface area contributed by atoms with Crippen LogP contribution in [0.15, 0.2) is 54.7 Å². The van der Waals surface area contributed by atoms with Crippen molar-refractivity contribution in [2.75, 3.05) is 5.32 Å². The number of anilines is 1. The Morgan fingerprint density at radius 3 is 2.56 bits per heavy atom. The second-order valence-corrected chi connectivity index (χ2v) is 4.28. The minimum atomic E-state index is 0.584. The zero-order valence-electron chi connectivity index (χ0n) is 9.06. The van der Waals surface area contributed by atoms with E-state index in [1.807, 2.05) is 18.3 Å². The lowest BCUT2D eigenvalue weighted by atomic mass is 10.1. The lowest BCUT2D eigenvalue weighted by Crippen LogP contribution is -2.14. The Morgan fingerprint density at radius 1 is 1.00 bits per heavy atom. The molecular formula is C14H15N2+. The van der Waals surface area contributed by atoms with Crippen molar-refractivity contribution in [1.29, 1.82) is 0 Å². The third-order valence-electron chi connectivity index (χ3n) is 3.07. The molecule has 2 atom stereocenters. The normalized spacial score (nSPS) is 22.8. The molecule has 3 rings (SSSR count). The van der Waals surface area contributed by atoms with Crippen molar-refractivity contribution in [1.82, 2.24) is 0 Å². The summed E-state index contributed by atoms with van der Waals surface area (Å²) in [6, 6.07) is 17.4. The van der Waals surface area contributed by atoms with Gasteiger partial charge in [-0.1, -0.05) is 36.4 Å². The molecule has 16 heavy (non-hydrogen) atoms. The van der Waals surface area contributed by atoms with Crippen LogP contribution in [0.4, 0.5) is 5.82 Å². The van der Waals surface area contributed by atoms with E-state index < -0.39 is 0 Å². The van der Waals surface area contributed by atoms with Gasteiger partial charge >= 0.3 is 0 Å². The van der Waals surface area contributed by atoms with Gasteiger partial charge in [0, 0.05) is 12.0 Å². The van der Waals surface area contributed by atoms with Gasteiger partial charge in [-0.05, 0) is 18.1 Å². The zero-order chi connectivity index (χ0) is 10.8. The summed E-state index contributed by atoms with van der Waals surface area (Å²) in [5.41, 5.74) is 1.44. The predicted octanol–water partition coefficient (Wildman–Crippen LogP) is 2.47. The third kappa shape index (κ3) is 1.91. The van der Waals surface area contributed by atoms with Crippen LogP contribution in [0, 0.1) is 0 Å². The molecular weight excluding hydrogens is 196 g/mol. The van der Waals surface area contributed by atoms with Crippen LogP contribution in [0.3, 0.4) is 0 Å². The summed E-state index contributed by atoms with van der Waals surface area (Å²) in [6.07, 6.45) is 3.18. The number of nitrogens with one attached hydrogen (secondary N) is 2. The fraction of sp³-hybridized carbons (Fsp3) is 0.214. The molecule has 0 amide bonds. The number of aromatic amines is 1. The van der Waals surface area contributed by atoms with E-state index in [1.165, 1.54) is 12.0 Å². The summed E-state index contributed by atoms with van der Waals surface area (Å²) in [7, 11) is 0. The molecule has 0 spiro atoms. The van der Waals surface area contributed by atoms with E-state index in [9.17, 15) is 0 Å². The van der Waals surface area contributed by atoms with Crippen LogP contribution in [0.5, 0.6) is 0 Å². The largest absolute Gasteiger partial charge is 0.272 e. The van der Waals surface area contributed by atoms with Crippen molar-refractivity contribution in [3.63, 3.8) is 0 Å². The van der Waals surface area contributed by atoms with E-state index in [1.54, 1.807) is 0 Å². The Labute approximate surface area is 95.3 Å². The van der Waals surface area contributed by atoms with Gasteiger partial charge < -0.3 is 0 Å². The predicted molar refractivity (Wildman–Crippen MR) is 64.2 cm³/mol. The minimum Gasteiger partial charge on any atom is -0.271 e. The fourth-order valence-electron chi connectivity index (χ4n) is 2.11. The maximum atomic E-state index is 3.51. The van der Waals surface area contributed by atoms with Crippen LogP contribution >= 0.6 is 0 Å². The first-order valence-electron chi connectivity index (χ1n) is 5.72. The molecule has 1 aliphatic carbocycles. The third-order valence-corrected chi connectivity index (χ3v) is 3.07. The highest BCUT2D eigenvalue weighted by molar-refractivity contribution is 5.37. The Balaban J connectivity index is 1.65. The molecule has 0 saturated heterocycles. The summed E-state index contributed by atoms with van der Waals surface area (Å²) in [5.74, 6) is 1.78. The fourth-order valence-corrected chi connectivity index (χ4v) is 2.11. The Bertz CT molecular complexity index is 453. The highest BCUT2D eigenvalue weighted by Crippen LogP contribution is 2.42. The molecule has 2 heteroatoms. The molecule has 1 heterocycles. The molecule has 1 fully saturated rings. The number of rotatable bonds is 3. The van der Waals surface area contributed by atoms with Gasteiger partial charge in [-0.15, -0.1) is 0 Å². The number of benzene rings is 1. The standard InChI is InChI=1S/C14H14N2/c1-2-6-11(7-3-1)12-10-13(12)16-14-8-4-5-9-15-14/h1-9,12-13H,10H2,(H,15,16)/p+1/t12-,13+/m1/s1. The molecule has 1 aliphatic rings. The first-order chi connectivity index (χ1) is 7.93. The van der Waals surface area contributed by atoms with E-state index in [0.717, 1.165) is 5.82 Å². The van der Waals surface area contributed by atoms with E-state index >= 15 is 0 Å². The van der Waals surface area contributed by atoms with Crippen LogP contribution < -0.4 is 10.3 Å². The average Bonchev–Trinajstić information content (AvgIpc) is 3.11. The highest BCUT2D eigenvalue weighted by Gasteiger charge is 2.42. The van der Waals surface area contributed by atoms with Crippen LogP contribution in [-0.2, 0) is 0 Å². The van der Waals surface area contributed by atoms with Gasteiger partial charge in [0.2, 0.25) is 0 Å². The van der Waals surface area contributed by atoms with Gasteiger partial charge in [0.05, 0.1) is 6.20 Å². The van der Waals surface area contributed by atoms with Crippen molar-refractivity contribution in [3.8, 4) is 0 Å². The second-order valence-electron chi connectivity index (χ2n) is 4.28. The molecule has 2 aromatic rings. The Kier molecular flexibility index (Phi) is 2.33. The second kappa shape index (κ2) is 3.97. The van der Waals surface area contributed by atoms with Crippen LogP contribution in [0.25, 0.3) is 0 Å². The highest BCUT2D eigenvalue weighted by atomic mass is 15.0. The van der Waals surface area contributed by atoms with E-state index in [2.05, 4.69) is 46.7 Å². The van der Waals surface area contributed by atoms with Crippen LogP contribution in [0.2, 0.25) is 0 Å². The SMILES string of the molecule is c1ccc([C@H]2C[C@@H]2Nc2cccc[nH+]2)cc1. The van der Waals surface area contributed by atoms with Crippen molar-refractivity contribution in [2.45, 2.75) is 18.4 Å². The van der Waals surface area contributed by atoms with Crippen LogP contribution in [0.1, 0.15) is 17.9 Å². The smallest absolute Gasteiger partial charge is 0.271 e. The van der Waals surface area contributed by atoms with Crippen molar-refractivity contribution >= 4 is 5.82 Å². The van der Waals surface area contributed by atoms with Gasteiger partial charge in [-0.3, -0.25) is 5.32 Å². The van der Waals surface area contributed by atoms with Gasteiger partial charge in [-0.25, -0.2) is 4.98 Å². The number of hydrogen-bond acceptors (Lipinski definition) is 1. The van der Waals surface area contributed by atoms with Crippen molar-refractivity contribution in [3.05, 3.63) is 60.3 Å². The van der Waals surface area contributed by atoms with Gasteiger partial charge in [-0.2, -0.15) is 0 Å². The molecule has 0 bridgehead atoms. The first kappa shape index (κ1) is 9.40. The summed E-state index contributed by atoms with van der Waals surface area (Å²) < 4.78 is 0. The maximum absolute atomic E-state index is 3.51. The molecule has 0 unspecified atom stereocenters. The number of pyridine rings is 1. The molecule has 1 saturated carbocycles. The minimum absolute atomic E-state index is 0.584. The number of hydrogen-bond donors (Lipinski definition) is 1. The quantitative estimate of drug-likeness (QED) is 0.829. The summed E-state index contributed by atoms with van der Waals surface area (Å²) in [6.45, 7) is 0. The lowest BCUT2D eigenvalue weighted by Gasteiger charge is -1.98. The molecule has 1 aromatic carbocycles. The zero-order valence-corrected chi connectivity index (χ0v) is 9.06. The number of aromatic nitrogens is 1. The number of H-pyrrole nitrogens is 1. The molecule has 0 aliphatic heterocycles. The monoisotopic (exact) mass is 211 g/mol. The Hall–Kier alpha value is -1.83. The summed E-state index contributed by atoms with van der Waals surface area (Å²) in [4.78, 5) is 3.20. The maximum Gasteiger partial charge on any atom is 0.272 e. The molecule has 80 valence electrons. The average molecular weight is 211 g/mol. The Morgan fingerprint density at radius 2 is 1.81 bits per heavy atom. The topological polar surface area (TPSA) is 26.2 Å². The van der Waals surface area contributed by atoms with Gasteiger partial charge in [0.1, 0.15) is 6.04 Å². The van der Waals surface area contributed by atoms with Gasteiger partial charge in [0.25, 0.3) is 5.82 Å². The molecule has 2 N–H and O–H groups in total. The molecule has 1 aromatic heterocycles. The van der Waals surface area contributed by atoms with E-state index in [-0.39, 0.29) is 0 Å². The summed E-state index contributed by atoms with van der Waals surface area (Å²) >= 11 is 0. The van der Waals surface area contributed by atoms with E-state index in [0.29, 0.717) is 12.0 Å².